The van der Waals surface area contributed by atoms with E-state index in [-0.39, 0.29) is 11.8 Å². The van der Waals surface area contributed by atoms with Crippen LogP contribution in [0.4, 0.5) is 0 Å². The van der Waals surface area contributed by atoms with Crippen molar-refractivity contribution in [3.63, 3.8) is 0 Å². The quantitative estimate of drug-likeness (QED) is 0.677. The van der Waals surface area contributed by atoms with E-state index in [1.807, 2.05) is 7.05 Å². The van der Waals surface area contributed by atoms with E-state index >= 15 is 0 Å². The summed E-state index contributed by atoms with van der Waals surface area (Å²) in [6, 6.07) is 0. The third-order valence-corrected chi connectivity index (χ3v) is 2.89. The van der Waals surface area contributed by atoms with Crippen molar-refractivity contribution in [2.24, 2.45) is 11.8 Å². The van der Waals surface area contributed by atoms with Crippen molar-refractivity contribution in [1.82, 2.24) is 10.6 Å². The number of hydrogen-bond donors (Lipinski definition) is 2. The third-order valence-electron chi connectivity index (χ3n) is 2.89. The predicted octanol–water partition coefficient (Wildman–Crippen LogP) is 0.758. The molecule has 0 aromatic heterocycles. The second-order valence-corrected chi connectivity index (χ2v) is 3.77. The second kappa shape index (κ2) is 5.22. The minimum Gasteiger partial charge on any atom is -0.356 e. The highest BCUT2D eigenvalue weighted by molar-refractivity contribution is 5.79. The number of carbonyl (C=O) groups excluding carboxylic acids is 1. The first-order valence-electron chi connectivity index (χ1n) is 5.22. The van der Waals surface area contributed by atoms with Crippen molar-refractivity contribution in [1.29, 1.82) is 0 Å². The summed E-state index contributed by atoms with van der Waals surface area (Å²) < 4.78 is 0. The number of hydrogen-bond acceptors (Lipinski definition) is 2. The van der Waals surface area contributed by atoms with Gasteiger partial charge in [-0.15, -0.1) is 0 Å². The van der Waals surface area contributed by atoms with Gasteiger partial charge in [0.05, 0.1) is 0 Å². The van der Waals surface area contributed by atoms with Gasteiger partial charge in [0.1, 0.15) is 0 Å². The van der Waals surface area contributed by atoms with Gasteiger partial charge < -0.3 is 10.6 Å². The zero-order chi connectivity index (χ0) is 9.68. The van der Waals surface area contributed by atoms with Gasteiger partial charge in [-0.25, -0.2) is 0 Å². The summed E-state index contributed by atoms with van der Waals surface area (Å²) in [5.74, 6) is 1.00. The van der Waals surface area contributed by atoms with E-state index in [4.69, 9.17) is 0 Å². The van der Waals surface area contributed by atoms with Gasteiger partial charge in [-0.1, -0.05) is 13.3 Å². The van der Waals surface area contributed by atoms with E-state index < -0.39 is 0 Å². The third kappa shape index (κ3) is 2.69. The van der Waals surface area contributed by atoms with E-state index in [1.54, 1.807) is 0 Å². The Balaban J connectivity index is 2.49. The SMILES string of the molecule is CCC(CNC)C1CCCNC1=O. The lowest BCUT2D eigenvalue weighted by Crippen LogP contribution is -2.42. The van der Waals surface area contributed by atoms with Gasteiger partial charge in [-0.05, 0) is 32.4 Å². The van der Waals surface area contributed by atoms with Crippen LogP contribution in [-0.2, 0) is 4.79 Å². The van der Waals surface area contributed by atoms with Crippen molar-refractivity contribution < 1.29 is 4.79 Å². The normalized spacial score (nSPS) is 25.4. The molecule has 0 bridgehead atoms. The van der Waals surface area contributed by atoms with Gasteiger partial charge in [0, 0.05) is 12.5 Å². The number of piperidine rings is 1. The fraction of sp³-hybridized carbons (Fsp3) is 0.900. The van der Waals surface area contributed by atoms with Crippen LogP contribution in [0, 0.1) is 11.8 Å². The summed E-state index contributed by atoms with van der Waals surface area (Å²) in [4.78, 5) is 11.5. The number of amides is 1. The highest BCUT2D eigenvalue weighted by Gasteiger charge is 2.28. The second-order valence-electron chi connectivity index (χ2n) is 3.77. The molecule has 3 heteroatoms. The molecule has 3 nitrogen and oxygen atoms in total. The van der Waals surface area contributed by atoms with E-state index in [0.717, 1.165) is 32.4 Å². The minimum atomic E-state index is 0.242. The maximum atomic E-state index is 11.5. The largest absolute Gasteiger partial charge is 0.356 e. The summed E-state index contributed by atoms with van der Waals surface area (Å²) in [6.45, 7) is 3.98. The first-order valence-corrected chi connectivity index (χ1v) is 5.22. The molecular weight excluding hydrogens is 164 g/mol. The Kier molecular flexibility index (Phi) is 4.22. The van der Waals surface area contributed by atoms with Crippen molar-refractivity contribution in [3.05, 3.63) is 0 Å². The molecule has 1 saturated heterocycles. The van der Waals surface area contributed by atoms with Crippen LogP contribution in [0.2, 0.25) is 0 Å². The first kappa shape index (κ1) is 10.5. The van der Waals surface area contributed by atoms with Crippen LogP contribution in [0.15, 0.2) is 0 Å². The standard InChI is InChI=1S/C10H20N2O/c1-3-8(7-11-2)9-5-4-6-12-10(9)13/h8-9,11H,3-7H2,1-2H3,(H,12,13). The van der Waals surface area contributed by atoms with Crippen molar-refractivity contribution >= 4 is 5.91 Å². The van der Waals surface area contributed by atoms with Gasteiger partial charge in [-0.3, -0.25) is 4.79 Å². The van der Waals surface area contributed by atoms with Gasteiger partial charge in [0.25, 0.3) is 0 Å². The zero-order valence-electron chi connectivity index (χ0n) is 8.60. The number of nitrogens with one attached hydrogen (secondary N) is 2. The molecule has 0 aromatic carbocycles. The van der Waals surface area contributed by atoms with Crippen LogP contribution in [-0.4, -0.2) is 26.0 Å². The van der Waals surface area contributed by atoms with Gasteiger partial charge in [0.2, 0.25) is 5.91 Å². The molecule has 1 aliphatic heterocycles. The average molecular weight is 184 g/mol. The van der Waals surface area contributed by atoms with Crippen LogP contribution in [0.5, 0.6) is 0 Å². The summed E-state index contributed by atoms with van der Waals surface area (Å²) in [6.07, 6.45) is 3.28. The van der Waals surface area contributed by atoms with Crippen LogP contribution >= 0.6 is 0 Å². The molecule has 0 radical (unpaired) electrons. The van der Waals surface area contributed by atoms with E-state index in [2.05, 4.69) is 17.6 Å². The molecule has 0 aliphatic carbocycles. The minimum absolute atomic E-state index is 0.242. The van der Waals surface area contributed by atoms with E-state index in [1.165, 1.54) is 0 Å². The fourth-order valence-corrected chi connectivity index (χ4v) is 2.08. The molecule has 2 atom stereocenters. The van der Waals surface area contributed by atoms with Gasteiger partial charge in [0.15, 0.2) is 0 Å². The van der Waals surface area contributed by atoms with Crippen LogP contribution < -0.4 is 10.6 Å². The molecule has 1 rings (SSSR count). The number of rotatable bonds is 4. The highest BCUT2D eigenvalue weighted by Crippen LogP contribution is 2.23. The average Bonchev–Trinajstić information content (AvgIpc) is 2.16. The van der Waals surface area contributed by atoms with Gasteiger partial charge >= 0.3 is 0 Å². The van der Waals surface area contributed by atoms with Crippen LogP contribution in [0.3, 0.4) is 0 Å². The molecule has 0 aromatic rings. The number of carbonyl (C=O) groups is 1. The van der Waals surface area contributed by atoms with E-state index in [0.29, 0.717) is 5.92 Å². The summed E-state index contributed by atoms with van der Waals surface area (Å²) in [7, 11) is 1.95. The predicted molar refractivity (Wildman–Crippen MR) is 53.4 cm³/mol. The summed E-state index contributed by atoms with van der Waals surface area (Å²) in [5.41, 5.74) is 0. The molecule has 13 heavy (non-hydrogen) atoms. The van der Waals surface area contributed by atoms with Crippen LogP contribution in [0.1, 0.15) is 26.2 Å². The first-order chi connectivity index (χ1) is 6.29. The Bertz CT molecular complexity index is 170. The molecular formula is C10H20N2O. The summed E-state index contributed by atoms with van der Waals surface area (Å²) in [5, 5.41) is 6.10. The molecule has 2 unspecified atom stereocenters. The van der Waals surface area contributed by atoms with Crippen molar-refractivity contribution in [2.45, 2.75) is 26.2 Å². The van der Waals surface area contributed by atoms with Gasteiger partial charge in [-0.2, -0.15) is 0 Å². The molecule has 1 fully saturated rings. The van der Waals surface area contributed by atoms with Crippen LogP contribution in [0.25, 0.3) is 0 Å². The fourth-order valence-electron chi connectivity index (χ4n) is 2.08. The maximum Gasteiger partial charge on any atom is 0.223 e. The highest BCUT2D eigenvalue weighted by atomic mass is 16.1. The van der Waals surface area contributed by atoms with E-state index in [9.17, 15) is 4.79 Å². The zero-order valence-corrected chi connectivity index (χ0v) is 8.60. The Morgan fingerprint density at radius 1 is 1.69 bits per heavy atom. The lowest BCUT2D eigenvalue weighted by atomic mass is 9.84. The molecule has 1 aliphatic rings. The summed E-state index contributed by atoms with van der Waals surface area (Å²) >= 11 is 0. The Morgan fingerprint density at radius 3 is 3.00 bits per heavy atom. The molecule has 0 spiro atoms. The topological polar surface area (TPSA) is 41.1 Å². The smallest absolute Gasteiger partial charge is 0.223 e. The molecule has 0 saturated carbocycles. The molecule has 1 heterocycles. The molecule has 1 amide bonds. The Labute approximate surface area is 80.3 Å². The van der Waals surface area contributed by atoms with Crippen molar-refractivity contribution in [2.75, 3.05) is 20.1 Å². The molecule has 76 valence electrons. The lowest BCUT2D eigenvalue weighted by molar-refractivity contribution is -0.128. The Morgan fingerprint density at radius 2 is 2.46 bits per heavy atom. The lowest BCUT2D eigenvalue weighted by Gasteiger charge is -2.28. The van der Waals surface area contributed by atoms with Crippen molar-refractivity contribution in [3.8, 4) is 0 Å². The maximum absolute atomic E-state index is 11.5. The Hall–Kier alpha value is -0.570. The molecule has 2 N–H and O–H groups in total. The monoisotopic (exact) mass is 184 g/mol.